The Kier molecular flexibility index (Phi) is 4.96. The number of carbonyl (C=O) groups is 2. The van der Waals surface area contributed by atoms with Crippen molar-refractivity contribution in [2.24, 2.45) is 0 Å². The lowest BCUT2D eigenvalue weighted by Crippen LogP contribution is -2.30. The van der Waals surface area contributed by atoms with Gasteiger partial charge in [0.15, 0.2) is 0 Å². The summed E-state index contributed by atoms with van der Waals surface area (Å²) >= 11 is 0. The van der Waals surface area contributed by atoms with E-state index in [2.05, 4.69) is 4.74 Å². The van der Waals surface area contributed by atoms with E-state index < -0.39 is 37.4 Å². The molecule has 82 valence electrons. The molecule has 0 aromatic heterocycles. The number of methoxy groups -OCH3 is 1. The molecule has 0 aliphatic carbocycles. The molecule has 0 heterocycles. The summed E-state index contributed by atoms with van der Waals surface area (Å²) in [4.78, 5) is 21.1. The fourth-order valence-corrected chi connectivity index (χ4v) is 0.587. The third-order valence-corrected chi connectivity index (χ3v) is 1.29. The minimum atomic E-state index is -4.36. The van der Waals surface area contributed by atoms with Crippen LogP contribution in [0, 0.1) is 0 Å². The van der Waals surface area contributed by atoms with Crippen LogP contribution in [-0.4, -0.2) is 31.7 Å². The first-order valence-electron chi connectivity index (χ1n) is 3.75. The van der Waals surface area contributed by atoms with E-state index >= 15 is 0 Å². The van der Waals surface area contributed by atoms with Gasteiger partial charge in [0.25, 0.3) is 0 Å². The monoisotopic (exact) mass is 213 g/mol. The number of alkyl halides is 3. The van der Waals surface area contributed by atoms with Gasteiger partial charge in [0.2, 0.25) is 5.91 Å². The Bertz CT molecular complexity index is 215. The zero-order valence-electron chi connectivity index (χ0n) is 7.48. The predicted octanol–water partition coefficient (Wildman–Crippen LogP) is 0.618. The Labute approximate surface area is 78.4 Å². The van der Waals surface area contributed by atoms with Gasteiger partial charge in [-0.25, -0.2) is 0 Å². The summed E-state index contributed by atoms with van der Waals surface area (Å²) in [5, 5.41) is 1.99. The Morgan fingerprint density at radius 1 is 1.36 bits per heavy atom. The highest BCUT2D eigenvalue weighted by Gasteiger charge is 2.27. The number of amides is 1. The highest BCUT2D eigenvalue weighted by molar-refractivity contribution is 5.81. The number of hydrogen-bond acceptors (Lipinski definition) is 3. The number of nitrogens with one attached hydrogen (secondary N) is 1. The SMILES string of the molecule is COC(=O)CNC(=O)CCC(F)(F)F. The molecule has 1 N–H and O–H groups in total. The first-order chi connectivity index (χ1) is 6.35. The van der Waals surface area contributed by atoms with E-state index in [1.54, 1.807) is 0 Å². The smallest absolute Gasteiger partial charge is 0.389 e. The minimum absolute atomic E-state index is 0.410. The molecule has 14 heavy (non-hydrogen) atoms. The largest absolute Gasteiger partial charge is 0.468 e. The number of esters is 1. The van der Waals surface area contributed by atoms with Crippen LogP contribution in [0.1, 0.15) is 12.8 Å². The molecule has 0 bridgehead atoms. The van der Waals surface area contributed by atoms with Gasteiger partial charge in [-0.2, -0.15) is 13.2 Å². The predicted molar refractivity (Wildman–Crippen MR) is 40.3 cm³/mol. The van der Waals surface area contributed by atoms with Gasteiger partial charge in [-0.05, 0) is 0 Å². The normalized spacial score (nSPS) is 10.9. The van der Waals surface area contributed by atoms with E-state index in [0.29, 0.717) is 0 Å². The number of rotatable bonds is 4. The van der Waals surface area contributed by atoms with Crippen molar-refractivity contribution in [3.8, 4) is 0 Å². The van der Waals surface area contributed by atoms with E-state index in [1.165, 1.54) is 0 Å². The van der Waals surface area contributed by atoms with Crippen LogP contribution in [0.15, 0.2) is 0 Å². The van der Waals surface area contributed by atoms with Crippen molar-refractivity contribution in [2.45, 2.75) is 19.0 Å². The first kappa shape index (κ1) is 12.7. The van der Waals surface area contributed by atoms with Crippen LogP contribution < -0.4 is 5.32 Å². The molecule has 0 spiro atoms. The van der Waals surface area contributed by atoms with Crippen LogP contribution >= 0.6 is 0 Å². The third kappa shape index (κ3) is 7.38. The molecule has 0 unspecified atom stereocenters. The van der Waals surface area contributed by atoms with Crippen LogP contribution in [0.2, 0.25) is 0 Å². The van der Waals surface area contributed by atoms with Crippen molar-refractivity contribution in [1.29, 1.82) is 0 Å². The van der Waals surface area contributed by atoms with E-state index in [4.69, 9.17) is 0 Å². The second-order valence-electron chi connectivity index (χ2n) is 2.47. The van der Waals surface area contributed by atoms with Crippen molar-refractivity contribution >= 4 is 11.9 Å². The van der Waals surface area contributed by atoms with Gasteiger partial charge in [-0.3, -0.25) is 9.59 Å². The highest BCUT2D eigenvalue weighted by Crippen LogP contribution is 2.20. The number of hydrogen-bond donors (Lipinski definition) is 1. The molecule has 0 aromatic rings. The fourth-order valence-electron chi connectivity index (χ4n) is 0.587. The van der Waals surface area contributed by atoms with Crippen LogP contribution in [0.3, 0.4) is 0 Å². The standard InChI is InChI=1S/C7H10F3NO3/c1-14-6(13)4-11-5(12)2-3-7(8,9)10/h2-4H2,1H3,(H,11,12). The molecule has 0 atom stereocenters. The summed E-state index contributed by atoms with van der Waals surface area (Å²) in [5.41, 5.74) is 0. The zero-order chi connectivity index (χ0) is 11.2. The summed E-state index contributed by atoms with van der Waals surface area (Å²) in [5.74, 6) is -1.53. The second kappa shape index (κ2) is 5.46. The van der Waals surface area contributed by atoms with Gasteiger partial charge < -0.3 is 10.1 Å². The van der Waals surface area contributed by atoms with Gasteiger partial charge in [-0.15, -0.1) is 0 Å². The lowest BCUT2D eigenvalue weighted by Gasteiger charge is -2.06. The van der Waals surface area contributed by atoms with Gasteiger partial charge in [0.05, 0.1) is 13.5 Å². The maximum absolute atomic E-state index is 11.6. The molecular formula is C7H10F3NO3. The molecule has 0 aromatic carbocycles. The molecule has 0 saturated heterocycles. The maximum atomic E-state index is 11.6. The van der Waals surface area contributed by atoms with Gasteiger partial charge in [-0.1, -0.05) is 0 Å². The number of halogens is 3. The molecule has 0 saturated carbocycles. The van der Waals surface area contributed by atoms with Crippen molar-refractivity contribution in [3.63, 3.8) is 0 Å². The lowest BCUT2D eigenvalue weighted by molar-refractivity contribution is -0.145. The fraction of sp³-hybridized carbons (Fsp3) is 0.714. The summed E-state index contributed by atoms with van der Waals surface area (Å²) in [6.45, 7) is -0.410. The Morgan fingerprint density at radius 3 is 2.36 bits per heavy atom. The quantitative estimate of drug-likeness (QED) is 0.696. The molecule has 0 radical (unpaired) electrons. The third-order valence-electron chi connectivity index (χ3n) is 1.29. The van der Waals surface area contributed by atoms with Crippen molar-refractivity contribution < 1.29 is 27.5 Å². The molecule has 0 aliphatic rings. The van der Waals surface area contributed by atoms with E-state index in [9.17, 15) is 22.8 Å². The van der Waals surface area contributed by atoms with E-state index in [1.807, 2.05) is 5.32 Å². The van der Waals surface area contributed by atoms with Crippen LogP contribution in [0.4, 0.5) is 13.2 Å². The van der Waals surface area contributed by atoms with Crippen molar-refractivity contribution in [3.05, 3.63) is 0 Å². The van der Waals surface area contributed by atoms with Gasteiger partial charge >= 0.3 is 12.1 Å². The molecule has 1 amide bonds. The molecule has 0 fully saturated rings. The van der Waals surface area contributed by atoms with Gasteiger partial charge in [0.1, 0.15) is 6.54 Å². The summed E-state index contributed by atoms with van der Waals surface area (Å²) in [6.07, 6.45) is -6.23. The van der Waals surface area contributed by atoms with Crippen LogP contribution in [-0.2, 0) is 14.3 Å². The minimum Gasteiger partial charge on any atom is -0.468 e. The zero-order valence-corrected chi connectivity index (χ0v) is 7.48. The molecule has 4 nitrogen and oxygen atoms in total. The Morgan fingerprint density at radius 2 is 1.93 bits per heavy atom. The topological polar surface area (TPSA) is 55.4 Å². The average Bonchev–Trinajstić information content (AvgIpc) is 2.09. The molecule has 0 aliphatic heterocycles. The van der Waals surface area contributed by atoms with Crippen molar-refractivity contribution in [2.75, 3.05) is 13.7 Å². The number of ether oxygens (including phenoxy) is 1. The lowest BCUT2D eigenvalue weighted by atomic mass is 10.3. The average molecular weight is 213 g/mol. The first-order valence-corrected chi connectivity index (χ1v) is 3.75. The summed E-state index contributed by atoms with van der Waals surface area (Å²) < 4.78 is 39.0. The second-order valence-corrected chi connectivity index (χ2v) is 2.47. The highest BCUT2D eigenvalue weighted by atomic mass is 19.4. The molecule has 7 heteroatoms. The Hall–Kier alpha value is -1.27. The van der Waals surface area contributed by atoms with Gasteiger partial charge in [0, 0.05) is 6.42 Å². The molecule has 0 rings (SSSR count). The van der Waals surface area contributed by atoms with E-state index in [0.717, 1.165) is 7.11 Å². The number of carbonyl (C=O) groups excluding carboxylic acids is 2. The van der Waals surface area contributed by atoms with E-state index in [-0.39, 0.29) is 0 Å². The summed E-state index contributed by atoms with van der Waals surface area (Å²) in [6, 6.07) is 0. The van der Waals surface area contributed by atoms with Crippen molar-refractivity contribution in [1.82, 2.24) is 5.32 Å². The van der Waals surface area contributed by atoms with Crippen LogP contribution in [0.25, 0.3) is 0 Å². The van der Waals surface area contributed by atoms with Crippen LogP contribution in [0.5, 0.6) is 0 Å². The molecular weight excluding hydrogens is 203 g/mol. The Balaban J connectivity index is 3.62. The summed E-state index contributed by atoms with van der Waals surface area (Å²) in [7, 11) is 1.12. The maximum Gasteiger partial charge on any atom is 0.389 e.